The Hall–Kier alpha value is -1.62. The molecule has 0 aliphatic heterocycles. The van der Waals surface area contributed by atoms with Gasteiger partial charge in [-0.2, -0.15) is 0 Å². The second-order valence-electron chi connectivity index (χ2n) is 3.38. The zero-order valence-electron chi connectivity index (χ0n) is 9.29. The minimum atomic E-state index is -0.514. The molecular weight excluding hydrogens is 211 g/mol. The highest BCUT2D eigenvalue weighted by atomic mass is 19.1. The summed E-state index contributed by atoms with van der Waals surface area (Å²) in [4.78, 5) is 11.1. The second-order valence-corrected chi connectivity index (χ2v) is 3.38. The van der Waals surface area contributed by atoms with Crippen molar-refractivity contribution >= 4 is 5.91 Å². The third-order valence-corrected chi connectivity index (χ3v) is 2.29. The number of hydrogen-bond acceptors (Lipinski definition) is 3. The van der Waals surface area contributed by atoms with E-state index in [2.05, 4.69) is 5.32 Å². The highest BCUT2D eigenvalue weighted by molar-refractivity contribution is 5.76. The minimum Gasteiger partial charge on any atom is -0.494 e. The monoisotopic (exact) mass is 226 g/mol. The average molecular weight is 226 g/mol. The number of hydrogen-bond donors (Lipinski definition) is 2. The summed E-state index contributed by atoms with van der Waals surface area (Å²) in [5.41, 5.74) is 6.33. The summed E-state index contributed by atoms with van der Waals surface area (Å²) in [7, 11) is 2.92. The summed E-state index contributed by atoms with van der Waals surface area (Å²) in [6.45, 7) is 0. The molecule has 3 N–H and O–H groups in total. The van der Waals surface area contributed by atoms with E-state index in [1.54, 1.807) is 6.07 Å². The van der Waals surface area contributed by atoms with Crippen molar-refractivity contribution in [3.8, 4) is 5.75 Å². The molecule has 1 amide bonds. The van der Waals surface area contributed by atoms with Crippen molar-refractivity contribution in [3.05, 3.63) is 29.6 Å². The molecule has 4 nitrogen and oxygen atoms in total. The fraction of sp³-hybridized carbons (Fsp3) is 0.364. The predicted octanol–water partition coefficient (Wildman–Crippen LogP) is 0.970. The van der Waals surface area contributed by atoms with Crippen molar-refractivity contribution in [2.75, 3.05) is 14.2 Å². The van der Waals surface area contributed by atoms with Crippen LogP contribution in [0.1, 0.15) is 18.0 Å². The van der Waals surface area contributed by atoms with Crippen molar-refractivity contribution in [1.82, 2.24) is 5.32 Å². The molecule has 16 heavy (non-hydrogen) atoms. The molecule has 1 aromatic carbocycles. The first-order valence-corrected chi connectivity index (χ1v) is 4.88. The van der Waals surface area contributed by atoms with Gasteiger partial charge in [0.2, 0.25) is 5.91 Å². The lowest BCUT2D eigenvalue weighted by Gasteiger charge is -2.12. The van der Waals surface area contributed by atoms with Crippen molar-refractivity contribution in [1.29, 1.82) is 0 Å². The summed E-state index contributed by atoms with van der Waals surface area (Å²) in [5, 5.41) is 2.47. The quantitative estimate of drug-likeness (QED) is 0.804. The van der Waals surface area contributed by atoms with Crippen LogP contribution in [-0.4, -0.2) is 20.1 Å². The summed E-state index contributed by atoms with van der Waals surface area (Å²) in [6.07, 6.45) is 0.127. The topological polar surface area (TPSA) is 64.4 Å². The lowest BCUT2D eigenvalue weighted by Crippen LogP contribution is -2.24. The molecule has 0 spiro atoms. The molecule has 0 bridgehead atoms. The fourth-order valence-corrected chi connectivity index (χ4v) is 1.33. The van der Waals surface area contributed by atoms with Gasteiger partial charge in [-0.1, -0.05) is 6.07 Å². The number of nitrogens with two attached hydrogens (primary N) is 1. The van der Waals surface area contributed by atoms with Crippen LogP contribution >= 0.6 is 0 Å². The predicted molar refractivity (Wildman–Crippen MR) is 58.6 cm³/mol. The number of ether oxygens (including phenoxy) is 1. The first kappa shape index (κ1) is 12.4. The molecule has 0 radical (unpaired) electrons. The standard InChI is InChI=1S/C11H15FN2O2/c1-14-11(15)6-9(13)7-3-4-10(16-2)8(12)5-7/h3-5,9H,6,13H2,1-2H3,(H,14,15). The third-order valence-electron chi connectivity index (χ3n) is 2.29. The van der Waals surface area contributed by atoms with Crippen molar-refractivity contribution in [3.63, 3.8) is 0 Å². The van der Waals surface area contributed by atoms with Gasteiger partial charge >= 0.3 is 0 Å². The van der Waals surface area contributed by atoms with Gasteiger partial charge in [0.05, 0.1) is 7.11 Å². The number of nitrogens with one attached hydrogen (secondary N) is 1. The molecule has 0 heterocycles. The minimum absolute atomic E-state index is 0.127. The Labute approximate surface area is 93.6 Å². The summed E-state index contributed by atoms with van der Waals surface area (Å²) >= 11 is 0. The van der Waals surface area contributed by atoms with E-state index in [-0.39, 0.29) is 18.1 Å². The smallest absolute Gasteiger partial charge is 0.221 e. The van der Waals surface area contributed by atoms with Crippen LogP contribution in [0.15, 0.2) is 18.2 Å². The number of amides is 1. The van der Waals surface area contributed by atoms with E-state index in [9.17, 15) is 9.18 Å². The van der Waals surface area contributed by atoms with Gasteiger partial charge in [0, 0.05) is 19.5 Å². The first-order chi connectivity index (χ1) is 7.58. The van der Waals surface area contributed by atoms with Crippen molar-refractivity contribution in [2.45, 2.75) is 12.5 Å². The zero-order valence-corrected chi connectivity index (χ0v) is 9.29. The summed E-state index contributed by atoms with van der Waals surface area (Å²) < 4.78 is 18.1. The molecule has 0 saturated carbocycles. The van der Waals surface area contributed by atoms with E-state index in [1.807, 2.05) is 0 Å². The van der Waals surface area contributed by atoms with Crippen molar-refractivity contribution < 1.29 is 13.9 Å². The van der Waals surface area contributed by atoms with E-state index in [0.717, 1.165) is 0 Å². The fourth-order valence-electron chi connectivity index (χ4n) is 1.33. The van der Waals surface area contributed by atoms with E-state index >= 15 is 0 Å². The Morgan fingerprint density at radius 3 is 2.81 bits per heavy atom. The van der Waals surface area contributed by atoms with E-state index < -0.39 is 11.9 Å². The lowest BCUT2D eigenvalue weighted by atomic mass is 10.0. The van der Waals surface area contributed by atoms with Gasteiger partial charge in [-0.05, 0) is 17.7 Å². The molecule has 5 heteroatoms. The normalized spacial score (nSPS) is 12.0. The maximum absolute atomic E-state index is 13.3. The Morgan fingerprint density at radius 2 is 2.31 bits per heavy atom. The van der Waals surface area contributed by atoms with E-state index in [4.69, 9.17) is 10.5 Å². The van der Waals surface area contributed by atoms with E-state index in [1.165, 1.54) is 26.3 Å². The molecule has 0 saturated heterocycles. The molecule has 1 aromatic rings. The Kier molecular flexibility index (Phi) is 4.25. The van der Waals surface area contributed by atoms with Crippen LogP contribution in [0.4, 0.5) is 4.39 Å². The van der Waals surface area contributed by atoms with Gasteiger partial charge in [-0.15, -0.1) is 0 Å². The molecule has 0 aliphatic carbocycles. The SMILES string of the molecule is CNC(=O)CC(N)c1ccc(OC)c(F)c1. The third kappa shape index (κ3) is 2.93. The number of carbonyl (C=O) groups excluding carboxylic acids is 1. The highest BCUT2D eigenvalue weighted by Crippen LogP contribution is 2.22. The molecule has 1 atom stereocenters. The van der Waals surface area contributed by atoms with Gasteiger partial charge in [-0.25, -0.2) is 4.39 Å². The van der Waals surface area contributed by atoms with Crippen LogP contribution in [0.3, 0.4) is 0 Å². The highest BCUT2D eigenvalue weighted by Gasteiger charge is 2.12. The number of carbonyl (C=O) groups is 1. The van der Waals surface area contributed by atoms with E-state index in [0.29, 0.717) is 5.56 Å². The van der Waals surface area contributed by atoms with Gasteiger partial charge in [-0.3, -0.25) is 4.79 Å². The van der Waals surface area contributed by atoms with Crippen LogP contribution < -0.4 is 15.8 Å². The van der Waals surface area contributed by atoms with Gasteiger partial charge in [0.15, 0.2) is 11.6 Å². The van der Waals surface area contributed by atoms with Gasteiger partial charge in [0.25, 0.3) is 0 Å². The summed E-state index contributed by atoms with van der Waals surface area (Å²) in [6, 6.07) is 3.91. The molecule has 88 valence electrons. The van der Waals surface area contributed by atoms with Crippen LogP contribution in [0, 0.1) is 5.82 Å². The number of benzene rings is 1. The molecular formula is C11H15FN2O2. The zero-order chi connectivity index (χ0) is 12.1. The Bertz CT molecular complexity index is 382. The molecule has 0 aromatic heterocycles. The van der Waals surface area contributed by atoms with Crippen LogP contribution in [0.2, 0.25) is 0 Å². The van der Waals surface area contributed by atoms with Crippen molar-refractivity contribution in [2.24, 2.45) is 5.73 Å². The van der Waals surface area contributed by atoms with Crippen LogP contribution in [0.25, 0.3) is 0 Å². The number of rotatable bonds is 4. The first-order valence-electron chi connectivity index (χ1n) is 4.88. The average Bonchev–Trinajstić information content (AvgIpc) is 2.28. The van der Waals surface area contributed by atoms with Crippen LogP contribution in [0.5, 0.6) is 5.75 Å². The van der Waals surface area contributed by atoms with Crippen LogP contribution in [-0.2, 0) is 4.79 Å². The second kappa shape index (κ2) is 5.46. The Balaban J connectivity index is 2.80. The molecule has 1 rings (SSSR count). The Morgan fingerprint density at radius 1 is 1.62 bits per heavy atom. The molecule has 1 unspecified atom stereocenters. The number of methoxy groups -OCH3 is 1. The maximum Gasteiger partial charge on any atom is 0.221 e. The lowest BCUT2D eigenvalue weighted by molar-refractivity contribution is -0.120. The largest absolute Gasteiger partial charge is 0.494 e. The summed E-state index contributed by atoms with van der Waals surface area (Å²) in [5.74, 6) is -0.494. The molecule has 0 aliphatic rings. The number of halogens is 1. The van der Waals surface area contributed by atoms with Gasteiger partial charge in [0.1, 0.15) is 0 Å². The maximum atomic E-state index is 13.3. The van der Waals surface area contributed by atoms with Gasteiger partial charge < -0.3 is 15.8 Å². The molecule has 0 fully saturated rings.